The van der Waals surface area contributed by atoms with E-state index in [1.54, 1.807) is 29.3 Å². The number of anilines is 1. The molecule has 0 fully saturated rings. The third-order valence-electron chi connectivity index (χ3n) is 1.90. The second kappa shape index (κ2) is 4.61. The maximum atomic E-state index is 5.52. The number of ether oxygens (including phenoxy) is 1. The first-order valence-electron chi connectivity index (χ1n) is 5.06. The van der Waals surface area contributed by atoms with E-state index in [0.29, 0.717) is 24.1 Å². The van der Waals surface area contributed by atoms with Gasteiger partial charge in [0, 0.05) is 12.3 Å². The summed E-state index contributed by atoms with van der Waals surface area (Å²) >= 11 is 0. The summed E-state index contributed by atoms with van der Waals surface area (Å²) in [5, 5.41) is 4.04. The molecule has 2 rings (SSSR count). The molecule has 0 aliphatic carbocycles. The zero-order chi connectivity index (χ0) is 11.4. The summed E-state index contributed by atoms with van der Waals surface area (Å²) in [5.74, 6) is 1.53. The van der Waals surface area contributed by atoms with E-state index < -0.39 is 0 Å². The Morgan fingerprint density at radius 3 is 3.00 bits per heavy atom. The molecule has 0 aliphatic heterocycles. The molecule has 6 heteroatoms. The normalized spacial score (nSPS) is 10.3. The van der Waals surface area contributed by atoms with Gasteiger partial charge in [-0.05, 0) is 6.42 Å². The summed E-state index contributed by atoms with van der Waals surface area (Å²) < 4.78 is 6.93. The molecule has 16 heavy (non-hydrogen) atoms. The van der Waals surface area contributed by atoms with E-state index in [0.717, 1.165) is 6.42 Å². The molecule has 2 aromatic heterocycles. The van der Waals surface area contributed by atoms with E-state index in [2.05, 4.69) is 15.1 Å². The lowest BCUT2D eigenvalue weighted by atomic mass is 10.5. The summed E-state index contributed by atoms with van der Waals surface area (Å²) in [6.07, 6.45) is 5.83. The molecule has 2 N–H and O–H groups in total. The van der Waals surface area contributed by atoms with Gasteiger partial charge < -0.3 is 10.5 Å². The van der Waals surface area contributed by atoms with Gasteiger partial charge in [0.2, 0.25) is 5.88 Å². The van der Waals surface area contributed by atoms with Gasteiger partial charge in [-0.1, -0.05) is 6.92 Å². The molecular weight excluding hydrogens is 206 g/mol. The molecular formula is C10H13N5O. The highest BCUT2D eigenvalue weighted by molar-refractivity contribution is 5.29. The van der Waals surface area contributed by atoms with Crippen molar-refractivity contribution >= 4 is 5.82 Å². The first kappa shape index (κ1) is 10.4. The molecule has 2 aromatic rings. The Labute approximate surface area is 93.1 Å². The predicted octanol–water partition coefficient (Wildman–Crippen LogP) is 1.03. The zero-order valence-corrected chi connectivity index (χ0v) is 9.00. The Morgan fingerprint density at radius 1 is 1.44 bits per heavy atom. The van der Waals surface area contributed by atoms with Crippen LogP contribution >= 0.6 is 0 Å². The maximum Gasteiger partial charge on any atom is 0.234 e. The Morgan fingerprint density at radius 2 is 2.31 bits per heavy atom. The van der Waals surface area contributed by atoms with Crippen molar-refractivity contribution in [1.29, 1.82) is 0 Å². The van der Waals surface area contributed by atoms with Crippen LogP contribution in [-0.2, 0) is 0 Å². The van der Waals surface area contributed by atoms with Crippen LogP contribution in [0.2, 0.25) is 0 Å². The quantitative estimate of drug-likeness (QED) is 0.830. The third kappa shape index (κ3) is 2.28. The molecule has 0 bridgehead atoms. The van der Waals surface area contributed by atoms with Crippen molar-refractivity contribution in [2.75, 3.05) is 12.3 Å². The average Bonchev–Trinajstić information content (AvgIpc) is 2.74. The Balaban J connectivity index is 2.22. The number of nitrogen functional groups attached to an aromatic ring is 1. The van der Waals surface area contributed by atoms with Crippen molar-refractivity contribution in [2.45, 2.75) is 13.3 Å². The molecule has 0 unspecified atom stereocenters. The van der Waals surface area contributed by atoms with Crippen molar-refractivity contribution in [3.8, 4) is 11.7 Å². The topological polar surface area (TPSA) is 78.9 Å². The number of hydrogen-bond donors (Lipinski definition) is 1. The van der Waals surface area contributed by atoms with Crippen LogP contribution in [-0.4, -0.2) is 26.4 Å². The summed E-state index contributed by atoms with van der Waals surface area (Å²) in [6, 6.07) is 1.70. The first-order chi connectivity index (χ1) is 7.79. The van der Waals surface area contributed by atoms with Gasteiger partial charge in [0.25, 0.3) is 0 Å². The monoisotopic (exact) mass is 219 g/mol. The second-order valence-electron chi connectivity index (χ2n) is 3.25. The van der Waals surface area contributed by atoms with Crippen LogP contribution in [0, 0.1) is 0 Å². The van der Waals surface area contributed by atoms with Gasteiger partial charge in [0.1, 0.15) is 5.82 Å². The van der Waals surface area contributed by atoms with Gasteiger partial charge in [-0.15, -0.1) is 5.10 Å². The highest BCUT2D eigenvalue weighted by Gasteiger charge is 2.02. The van der Waals surface area contributed by atoms with Gasteiger partial charge in [-0.2, -0.15) is 4.98 Å². The van der Waals surface area contributed by atoms with Crippen LogP contribution in [0.1, 0.15) is 13.3 Å². The fourth-order valence-corrected chi connectivity index (χ4v) is 1.19. The fraction of sp³-hybridized carbons (Fsp3) is 0.300. The summed E-state index contributed by atoms with van der Waals surface area (Å²) in [5.41, 5.74) is 5.52. The smallest absolute Gasteiger partial charge is 0.234 e. The lowest BCUT2D eigenvalue weighted by Gasteiger charge is -2.04. The second-order valence-corrected chi connectivity index (χ2v) is 3.25. The number of nitrogens with zero attached hydrogens (tertiary/aromatic N) is 4. The van der Waals surface area contributed by atoms with E-state index in [1.165, 1.54) is 0 Å². The van der Waals surface area contributed by atoms with Gasteiger partial charge in [-0.3, -0.25) is 4.98 Å². The molecule has 0 atom stereocenters. The third-order valence-corrected chi connectivity index (χ3v) is 1.90. The summed E-state index contributed by atoms with van der Waals surface area (Å²) in [6.45, 7) is 2.66. The van der Waals surface area contributed by atoms with Crippen LogP contribution in [0.5, 0.6) is 5.88 Å². The van der Waals surface area contributed by atoms with Gasteiger partial charge in [0.15, 0.2) is 5.82 Å². The summed E-state index contributed by atoms with van der Waals surface area (Å²) in [4.78, 5) is 8.29. The van der Waals surface area contributed by atoms with Gasteiger partial charge in [-0.25, -0.2) is 4.68 Å². The van der Waals surface area contributed by atoms with Crippen LogP contribution in [0.4, 0.5) is 5.82 Å². The number of hydrogen-bond acceptors (Lipinski definition) is 5. The predicted molar refractivity (Wildman–Crippen MR) is 59.4 cm³/mol. The highest BCUT2D eigenvalue weighted by atomic mass is 16.5. The SMILES string of the molecule is CCCOc1cncc(-n2ccc(N)n2)n1. The van der Waals surface area contributed by atoms with E-state index in [1.807, 2.05) is 6.92 Å². The fourth-order valence-electron chi connectivity index (χ4n) is 1.19. The van der Waals surface area contributed by atoms with Crippen LogP contribution in [0.3, 0.4) is 0 Å². The molecule has 0 saturated carbocycles. The summed E-state index contributed by atoms with van der Waals surface area (Å²) in [7, 11) is 0. The Hall–Kier alpha value is -2.11. The molecule has 0 saturated heterocycles. The Bertz CT molecular complexity index is 468. The number of nitrogens with two attached hydrogens (primary N) is 1. The minimum atomic E-state index is 0.446. The molecule has 0 aliphatic rings. The molecule has 0 aromatic carbocycles. The standard InChI is InChI=1S/C10H13N5O/c1-2-5-16-10-7-12-6-9(13-10)15-4-3-8(11)14-15/h3-4,6-7H,2,5H2,1H3,(H2,11,14). The van der Waals surface area contributed by atoms with Gasteiger partial charge >= 0.3 is 0 Å². The van der Waals surface area contributed by atoms with E-state index in [-0.39, 0.29) is 0 Å². The highest BCUT2D eigenvalue weighted by Crippen LogP contribution is 2.09. The van der Waals surface area contributed by atoms with Crippen molar-refractivity contribution in [1.82, 2.24) is 19.7 Å². The van der Waals surface area contributed by atoms with E-state index >= 15 is 0 Å². The maximum absolute atomic E-state index is 5.52. The lowest BCUT2D eigenvalue weighted by Crippen LogP contribution is -2.03. The molecule has 2 heterocycles. The van der Waals surface area contributed by atoms with E-state index in [4.69, 9.17) is 10.5 Å². The largest absolute Gasteiger partial charge is 0.477 e. The molecule has 0 spiro atoms. The van der Waals surface area contributed by atoms with Crippen LogP contribution in [0.15, 0.2) is 24.7 Å². The zero-order valence-electron chi connectivity index (χ0n) is 9.00. The number of aromatic nitrogens is 4. The molecule has 0 radical (unpaired) electrons. The van der Waals surface area contributed by atoms with E-state index in [9.17, 15) is 0 Å². The van der Waals surface area contributed by atoms with Crippen molar-refractivity contribution in [2.24, 2.45) is 0 Å². The minimum absolute atomic E-state index is 0.446. The number of rotatable bonds is 4. The molecule has 0 amide bonds. The van der Waals surface area contributed by atoms with Crippen LogP contribution in [0.25, 0.3) is 5.82 Å². The first-order valence-corrected chi connectivity index (χ1v) is 5.06. The van der Waals surface area contributed by atoms with Crippen molar-refractivity contribution in [3.05, 3.63) is 24.7 Å². The molecule has 6 nitrogen and oxygen atoms in total. The Kier molecular flexibility index (Phi) is 3.00. The van der Waals surface area contributed by atoms with Gasteiger partial charge in [0.05, 0.1) is 19.0 Å². The average molecular weight is 219 g/mol. The minimum Gasteiger partial charge on any atom is -0.477 e. The van der Waals surface area contributed by atoms with Crippen molar-refractivity contribution in [3.63, 3.8) is 0 Å². The lowest BCUT2D eigenvalue weighted by molar-refractivity contribution is 0.303. The van der Waals surface area contributed by atoms with Crippen molar-refractivity contribution < 1.29 is 4.74 Å². The van der Waals surface area contributed by atoms with Crippen LogP contribution < -0.4 is 10.5 Å². The molecule has 84 valence electrons.